The number of ether oxygens (including phenoxy) is 1. The summed E-state index contributed by atoms with van der Waals surface area (Å²) in [5, 5.41) is 34.8. The summed E-state index contributed by atoms with van der Waals surface area (Å²) in [6.45, 7) is 5.41. The number of carbonyl (C=O) groups is 2. The standard InChI is InChI=1S/C37H55N3O6/c1-5-10-31-33(43)34(44)35(45)36(46-31)29-18-13-26(2)30(24-29)23-28-16-14-27(15-17-28)11-9-12-32(42)38-37(19-7-6-8-20-37)40(25-41)22-21-39(3)4/h13-18,24-25,31,33-36,43-45H,5-12,19-23H2,1-4H3,(H,38,42)/t31-,33-,34+,35-,36+/m1/s1. The molecule has 9 nitrogen and oxygen atoms in total. The first kappa shape index (κ1) is 36.0. The SMILES string of the molecule is CCC[C@H]1O[C@@H](c2ccc(C)c(Cc3ccc(CCCC(=O)NC4(N(C=O)CCN(C)C)CCCCC4)cc3)c2)[C@H](O)[C@@H](O)[C@@H]1O. The number of benzene rings is 2. The zero-order valence-electron chi connectivity index (χ0n) is 28.2. The molecule has 0 unspecified atom stereocenters. The van der Waals surface area contributed by atoms with E-state index in [4.69, 9.17) is 4.74 Å². The summed E-state index contributed by atoms with van der Waals surface area (Å²) >= 11 is 0. The molecule has 4 N–H and O–H groups in total. The first-order chi connectivity index (χ1) is 22.1. The number of hydrogen-bond acceptors (Lipinski definition) is 7. The summed E-state index contributed by atoms with van der Waals surface area (Å²) in [5.41, 5.74) is 4.76. The van der Waals surface area contributed by atoms with Crippen LogP contribution in [0.3, 0.4) is 0 Å². The number of aryl methyl sites for hydroxylation is 2. The van der Waals surface area contributed by atoms with Gasteiger partial charge in [0.15, 0.2) is 0 Å². The molecule has 1 aliphatic carbocycles. The van der Waals surface area contributed by atoms with Gasteiger partial charge in [0.2, 0.25) is 12.3 Å². The van der Waals surface area contributed by atoms with Gasteiger partial charge in [0, 0.05) is 19.5 Å². The number of aliphatic hydroxyl groups excluding tert-OH is 3. The number of likely N-dealkylation sites (N-methyl/N-ethyl adjacent to an activating group) is 1. The first-order valence-corrected chi connectivity index (χ1v) is 17.1. The van der Waals surface area contributed by atoms with Crippen molar-refractivity contribution in [2.45, 2.75) is 121 Å². The highest BCUT2D eigenvalue weighted by Crippen LogP contribution is 2.35. The highest BCUT2D eigenvalue weighted by atomic mass is 16.5. The van der Waals surface area contributed by atoms with Crippen LogP contribution in [0.15, 0.2) is 42.5 Å². The minimum absolute atomic E-state index is 0.000636. The van der Waals surface area contributed by atoms with Crippen molar-refractivity contribution in [3.63, 3.8) is 0 Å². The number of aliphatic hydroxyl groups is 3. The fraction of sp³-hybridized carbons (Fsp3) is 0.622. The molecule has 2 amide bonds. The van der Waals surface area contributed by atoms with Crippen LogP contribution in [0, 0.1) is 6.92 Å². The number of hydrogen-bond donors (Lipinski definition) is 4. The minimum Gasteiger partial charge on any atom is -0.388 e. The predicted octanol–water partition coefficient (Wildman–Crippen LogP) is 4.03. The average molecular weight is 638 g/mol. The summed E-state index contributed by atoms with van der Waals surface area (Å²) in [6.07, 6.45) is 4.88. The fourth-order valence-electron chi connectivity index (χ4n) is 6.92. The van der Waals surface area contributed by atoms with Gasteiger partial charge < -0.3 is 35.2 Å². The number of nitrogens with one attached hydrogen (secondary N) is 1. The van der Waals surface area contributed by atoms with E-state index in [1.165, 1.54) is 5.56 Å². The molecule has 1 aliphatic heterocycles. The maximum atomic E-state index is 13.1. The van der Waals surface area contributed by atoms with Crippen LogP contribution in [0.4, 0.5) is 0 Å². The Morgan fingerprint density at radius 1 is 0.978 bits per heavy atom. The first-order valence-electron chi connectivity index (χ1n) is 17.1. The van der Waals surface area contributed by atoms with Gasteiger partial charge in [-0.1, -0.05) is 62.2 Å². The van der Waals surface area contributed by atoms with Gasteiger partial charge in [-0.05, 0) is 100 Å². The number of carbonyl (C=O) groups excluding carboxylic acids is 2. The van der Waals surface area contributed by atoms with Crippen molar-refractivity contribution in [3.8, 4) is 0 Å². The van der Waals surface area contributed by atoms with Gasteiger partial charge in [-0.3, -0.25) is 9.59 Å². The minimum atomic E-state index is -1.26. The smallest absolute Gasteiger partial charge is 0.221 e. The average Bonchev–Trinajstić information content (AvgIpc) is 3.04. The van der Waals surface area contributed by atoms with Crippen molar-refractivity contribution in [1.82, 2.24) is 15.1 Å². The second kappa shape index (κ2) is 16.8. The summed E-state index contributed by atoms with van der Waals surface area (Å²) in [5.74, 6) is 0.000636. The molecule has 4 rings (SSSR count). The van der Waals surface area contributed by atoms with Crippen LogP contribution in [0.5, 0.6) is 0 Å². The lowest BCUT2D eigenvalue weighted by molar-refractivity contribution is -0.226. The van der Waals surface area contributed by atoms with Gasteiger partial charge in [-0.2, -0.15) is 0 Å². The van der Waals surface area contributed by atoms with Crippen molar-refractivity contribution >= 4 is 12.3 Å². The second-order valence-electron chi connectivity index (χ2n) is 13.6. The Bertz CT molecular complexity index is 1260. The van der Waals surface area contributed by atoms with Crippen LogP contribution >= 0.6 is 0 Å². The third kappa shape index (κ3) is 9.16. The lowest BCUT2D eigenvalue weighted by Crippen LogP contribution is -2.62. The third-order valence-corrected chi connectivity index (χ3v) is 9.79. The Morgan fingerprint density at radius 3 is 2.33 bits per heavy atom. The van der Waals surface area contributed by atoms with Crippen LogP contribution in [0.1, 0.15) is 98.6 Å². The van der Waals surface area contributed by atoms with Crippen LogP contribution in [-0.2, 0) is 27.2 Å². The largest absolute Gasteiger partial charge is 0.388 e. The molecular weight excluding hydrogens is 582 g/mol. The third-order valence-electron chi connectivity index (χ3n) is 9.79. The Kier molecular flexibility index (Phi) is 13.2. The molecule has 46 heavy (non-hydrogen) atoms. The highest BCUT2D eigenvalue weighted by Gasteiger charge is 2.44. The maximum Gasteiger partial charge on any atom is 0.221 e. The number of nitrogens with zero attached hydrogens (tertiary/aromatic N) is 2. The van der Waals surface area contributed by atoms with E-state index < -0.39 is 36.2 Å². The van der Waals surface area contributed by atoms with Crippen molar-refractivity contribution in [1.29, 1.82) is 0 Å². The zero-order valence-corrected chi connectivity index (χ0v) is 28.2. The van der Waals surface area contributed by atoms with E-state index in [2.05, 4.69) is 41.4 Å². The van der Waals surface area contributed by atoms with Gasteiger partial charge in [-0.25, -0.2) is 0 Å². The molecule has 1 heterocycles. The predicted molar refractivity (Wildman–Crippen MR) is 179 cm³/mol. The maximum absolute atomic E-state index is 13.1. The van der Waals surface area contributed by atoms with Crippen LogP contribution in [-0.4, -0.2) is 94.7 Å². The van der Waals surface area contributed by atoms with E-state index in [0.717, 1.165) is 86.6 Å². The molecule has 0 aromatic heterocycles. The van der Waals surface area contributed by atoms with Crippen molar-refractivity contribution in [3.05, 3.63) is 70.3 Å². The van der Waals surface area contributed by atoms with E-state index in [9.17, 15) is 24.9 Å². The lowest BCUT2D eigenvalue weighted by atomic mass is 9.87. The normalized spacial score (nSPS) is 24.5. The zero-order chi connectivity index (χ0) is 33.3. The van der Waals surface area contributed by atoms with Crippen molar-refractivity contribution < 1.29 is 29.6 Å². The summed E-state index contributed by atoms with van der Waals surface area (Å²) in [7, 11) is 3.98. The van der Waals surface area contributed by atoms with Crippen molar-refractivity contribution in [2.24, 2.45) is 0 Å². The molecule has 2 fully saturated rings. The molecule has 5 atom stereocenters. The molecule has 0 radical (unpaired) electrons. The molecule has 0 bridgehead atoms. The van der Waals surface area contributed by atoms with Crippen LogP contribution in [0.2, 0.25) is 0 Å². The van der Waals surface area contributed by atoms with E-state index >= 15 is 0 Å². The molecule has 1 saturated heterocycles. The quantitative estimate of drug-likeness (QED) is 0.172. The number of rotatable bonds is 15. The summed E-state index contributed by atoms with van der Waals surface area (Å²) in [4.78, 5) is 29.0. The molecule has 2 aliphatic rings. The molecule has 1 saturated carbocycles. The Hall–Kier alpha value is -2.82. The monoisotopic (exact) mass is 637 g/mol. The summed E-state index contributed by atoms with van der Waals surface area (Å²) < 4.78 is 6.10. The molecule has 9 heteroatoms. The van der Waals surface area contributed by atoms with Gasteiger partial charge in [0.25, 0.3) is 0 Å². The van der Waals surface area contributed by atoms with E-state index in [1.807, 2.05) is 39.2 Å². The molecule has 254 valence electrons. The van der Waals surface area contributed by atoms with E-state index in [1.54, 1.807) is 4.90 Å². The van der Waals surface area contributed by atoms with Gasteiger partial charge in [0.1, 0.15) is 30.1 Å². The van der Waals surface area contributed by atoms with Gasteiger partial charge in [0.05, 0.1) is 6.10 Å². The van der Waals surface area contributed by atoms with Gasteiger partial charge >= 0.3 is 0 Å². The van der Waals surface area contributed by atoms with Gasteiger partial charge in [-0.15, -0.1) is 0 Å². The Labute approximate surface area is 274 Å². The molecule has 2 aromatic rings. The Balaban J connectivity index is 1.33. The van der Waals surface area contributed by atoms with Crippen LogP contribution in [0.25, 0.3) is 0 Å². The molecular formula is C37H55N3O6. The number of amides is 2. The lowest BCUT2D eigenvalue weighted by Gasteiger charge is -2.45. The fourth-order valence-corrected chi connectivity index (χ4v) is 6.92. The summed E-state index contributed by atoms with van der Waals surface area (Å²) in [6, 6.07) is 14.4. The molecule has 0 spiro atoms. The topological polar surface area (TPSA) is 123 Å². The van der Waals surface area contributed by atoms with Crippen LogP contribution < -0.4 is 5.32 Å². The van der Waals surface area contributed by atoms with E-state index in [-0.39, 0.29) is 5.91 Å². The highest BCUT2D eigenvalue weighted by molar-refractivity contribution is 5.77. The van der Waals surface area contributed by atoms with E-state index in [0.29, 0.717) is 25.8 Å². The Morgan fingerprint density at radius 2 is 1.67 bits per heavy atom. The molecule has 2 aromatic carbocycles. The second-order valence-corrected chi connectivity index (χ2v) is 13.6. The van der Waals surface area contributed by atoms with Crippen molar-refractivity contribution in [2.75, 3.05) is 27.2 Å².